The maximum Gasteiger partial charge on any atom is 0.193 e. The van der Waals surface area contributed by atoms with Gasteiger partial charge in [-0.05, 0) is 44.9 Å². The van der Waals surface area contributed by atoms with E-state index in [0.29, 0.717) is 6.04 Å². The minimum atomic E-state index is 0. The minimum Gasteiger partial charge on any atom is -0.352 e. The molecule has 1 N–H and O–H groups in total. The topological polar surface area (TPSA) is 30.9 Å². The third-order valence-corrected chi connectivity index (χ3v) is 4.47. The van der Waals surface area contributed by atoms with E-state index in [-0.39, 0.29) is 24.0 Å². The van der Waals surface area contributed by atoms with Crippen molar-refractivity contribution in [3.8, 4) is 0 Å². The van der Waals surface area contributed by atoms with Crippen LogP contribution in [-0.2, 0) is 13.1 Å². The maximum atomic E-state index is 4.42. The third-order valence-electron chi connectivity index (χ3n) is 4.47. The Kier molecular flexibility index (Phi) is 8.91. The van der Waals surface area contributed by atoms with Gasteiger partial charge in [-0.3, -0.25) is 9.89 Å². The van der Waals surface area contributed by atoms with Gasteiger partial charge in [-0.2, -0.15) is 0 Å². The van der Waals surface area contributed by atoms with Crippen molar-refractivity contribution in [3.63, 3.8) is 0 Å². The van der Waals surface area contributed by atoms with Gasteiger partial charge in [0.1, 0.15) is 0 Å². The molecule has 1 aliphatic heterocycles. The Morgan fingerprint density at radius 2 is 1.83 bits per heavy atom. The van der Waals surface area contributed by atoms with Crippen molar-refractivity contribution in [1.29, 1.82) is 0 Å². The highest BCUT2D eigenvalue weighted by molar-refractivity contribution is 14.0. The lowest BCUT2D eigenvalue weighted by Gasteiger charge is -2.24. The summed E-state index contributed by atoms with van der Waals surface area (Å²) in [5, 5.41) is 3.53. The summed E-state index contributed by atoms with van der Waals surface area (Å²) in [4.78, 5) is 9.14. The molecule has 0 aromatic heterocycles. The first-order chi connectivity index (χ1) is 10.6. The Hall–Kier alpha value is -0.820. The van der Waals surface area contributed by atoms with Crippen molar-refractivity contribution in [2.75, 3.05) is 27.2 Å². The van der Waals surface area contributed by atoms with Crippen LogP contribution >= 0.6 is 24.0 Å². The van der Waals surface area contributed by atoms with E-state index in [1.165, 1.54) is 24.0 Å². The lowest BCUT2D eigenvalue weighted by Crippen LogP contribution is -2.39. The van der Waals surface area contributed by atoms with E-state index in [2.05, 4.69) is 65.3 Å². The van der Waals surface area contributed by atoms with Crippen LogP contribution in [0.1, 0.15) is 37.8 Å². The molecule has 1 aromatic carbocycles. The average molecular weight is 430 g/mol. The standard InChI is InChI=1S/C18H30N4.HI/c1-15(2)21(4)14-17-10-6-5-9-16(17)13-20-18(19-3)22-11-7-8-12-22;/h5-6,9-10,15H,7-8,11-14H2,1-4H3,(H,19,20);1H. The highest BCUT2D eigenvalue weighted by Crippen LogP contribution is 2.13. The first kappa shape index (κ1) is 20.2. The van der Waals surface area contributed by atoms with Crippen molar-refractivity contribution in [3.05, 3.63) is 35.4 Å². The summed E-state index contributed by atoms with van der Waals surface area (Å²) in [5.41, 5.74) is 2.75. The molecule has 1 fully saturated rings. The summed E-state index contributed by atoms with van der Waals surface area (Å²) in [6.07, 6.45) is 2.55. The molecule has 1 heterocycles. The van der Waals surface area contributed by atoms with E-state index in [9.17, 15) is 0 Å². The fraction of sp³-hybridized carbons (Fsp3) is 0.611. The number of benzene rings is 1. The highest BCUT2D eigenvalue weighted by atomic mass is 127. The number of guanidine groups is 1. The second-order valence-electron chi connectivity index (χ2n) is 6.37. The van der Waals surface area contributed by atoms with Crippen molar-refractivity contribution in [2.24, 2.45) is 4.99 Å². The van der Waals surface area contributed by atoms with Gasteiger partial charge in [0.25, 0.3) is 0 Å². The van der Waals surface area contributed by atoms with Gasteiger partial charge in [0, 0.05) is 39.3 Å². The number of hydrogen-bond acceptors (Lipinski definition) is 2. The largest absolute Gasteiger partial charge is 0.352 e. The Morgan fingerprint density at radius 1 is 1.22 bits per heavy atom. The van der Waals surface area contributed by atoms with Crippen LogP contribution in [0, 0.1) is 0 Å². The first-order valence-corrected chi connectivity index (χ1v) is 8.34. The zero-order valence-corrected chi connectivity index (χ0v) is 17.2. The predicted molar refractivity (Wildman–Crippen MR) is 109 cm³/mol. The molecule has 1 aliphatic rings. The molecule has 5 heteroatoms. The van der Waals surface area contributed by atoms with Crippen LogP contribution in [0.25, 0.3) is 0 Å². The average Bonchev–Trinajstić information content (AvgIpc) is 3.03. The van der Waals surface area contributed by atoms with Gasteiger partial charge in [-0.15, -0.1) is 24.0 Å². The van der Waals surface area contributed by atoms with Gasteiger partial charge in [0.2, 0.25) is 0 Å². The van der Waals surface area contributed by atoms with Gasteiger partial charge in [-0.1, -0.05) is 24.3 Å². The smallest absolute Gasteiger partial charge is 0.193 e. The zero-order valence-electron chi connectivity index (χ0n) is 14.9. The molecule has 0 aliphatic carbocycles. The minimum absolute atomic E-state index is 0. The van der Waals surface area contributed by atoms with Gasteiger partial charge < -0.3 is 10.2 Å². The summed E-state index contributed by atoms with van der Waals surface area (Å²) >= 11 is 0. The van der Waals surface area contributed by atoms with Gasteiger partial charge in [-0.25, -0.2) is 0 Å². The molecule has 0 spiro atoms. The zero-order chi connectivity index (χ0) is 15.9. The summed E-state index contributed by atoms with van der Waals surface area (Å²) in [6, 6.07) is 9.25. The number of rotatable bonds is 5. The molecule has 0 atom stereocenters. The first-order valence-electron chi connectivity index (χ1n) is 8.34. The van der Waals surface area contributed by atoms with Crippen LogP contribution in [0.5, 0.6) is 0 Å². The van der Waals surface area contributed by atoms with Crippen LogP contribution in [0.2, 0.25) is 0 Å². The second kappa shape index (κ2) is 10.1. The molecule has 23 heavy (non-hydrogen) atoms. The number of nitrogens with zero attached hydrogens (tertiary/aromatic N) is 3. The van der Waals surface area contributed by atoms with E-state index in [0.717, 1.165) is 32.1 Å². The molecule has 0 unspecified atom stereocenters. The molecule has 0 saturated carbocycles. The van der Waals surface area contributed by atoms with Crippen molar-refractivity contribution in [1.82, 2.24) is 15.1 Å². The molecule has 0 amide bonds. The maximum absolute atomic E-state index is 4.42. The third kappa shape index (κ3) is 5.95. The van der Waals surface area contributed by atoms with E-state index in [1.54, 1.807) is 0 Å². The van der Waals surface area contributed by atoms with E-state index in [4.69, 9.17) is 0 Å². The fourth-order valence-electron chi connectivity index (χ4n) is 2.77. The van der Waals surface area contributed by atoms with Crippen LogP contribution < -0.4 is 5.32 Å². The molecule has 0 radical (unpaired) electrons. The molecule has 130 valence electrons. The SMILES string of the molecule is CN=C(NCc1ccccc1CN(C)C(C)C)N1CCCC1.I. The lowest BCUT2D eigenvalue weighted by atomic mass is 10.1. The molecule has 2 rings (SSSR count). The van der Waals surface area contributed by atoms with Gasteiger partial charge >= 0.3 is 0 Å². The molecule has 4 nitrogen and oxygen atoms in total. The number of aliphatic imine (C=N–C) groups is 1. The van der Waals surface area contributed by atoms with E-state index >= 15 is 0 Å². The van der Waals surface area contributed by atoms with Crippen LogP contribution in [0.4, 0.5) is 0 Å². The van der Waals surface area contributed by atoms with Crippen molar-refractivity contribution < 1.29 is 0 Å². The summed E-state index contributed by atoms with van der Waals surface area (Å²) < 4.78 is 0. The predicted octanol–water partition coefficient (Wildman–Crippen LogP) is 3.32. The molecule has 1 saturated heterocycles. The van der Waals surface area contributed by atoms with Crippen molar-refractivity contribution in [2.45, 2.75) is 45.8 Å². The van der Waals surface area contributed by atoms with Crippen LogP contribution in [0.15, 0.2) is 29.3 Å². The Balaban J connectivity index is 0.00000264. The number of halogens is 1. The molecular weight excluding hydrogens is 399 g/mol. The molecule has 0 bridgehead atoms. The summed E-state index contributed by atoms with van der Waals surface area (Å²) in [5.74, 6) is 1.03. The quantitative estimate of drug-likeness (QED) is 0.442. The Bertz CT molecular complexity index is 496. The summed E-state index contributed by atoms with van der Waals surface area (Å²) in [7, 11) is 4.05. The highest BCUT2D eigenvalue weighted by Gasteiger charge is 2.16. The summed E-state index contributed by atoms with van der Waals surface area (Å²) in [6.45, 7) is 8.53. The Labute approximate surface area is 158 Å². The fourth-order valence-corrected chi connectivity index (χ4v) is 2.77. The lowest BCUT2D eigenvalue weighted by molar-refractivity contribution is 0.265. The number of likely N-dealkylation sites (tertiary alicyclic amines) is 1. The second-order valence-corrected chi connectivity index (χ2v) is 6.37. The van der Waals surface area contributed by atoms with Gasteiger partial charge in [0.05, 0.1) is 0 Å². The monoisotopic (exact) mass is 430 g/mol. The van der Waals surface area contributed by atoms with Gasteiger partial charge in [0.15, 0.2) is 5.96 Å². The number of nitrogens with one attached hydrogen (secondary N) is 1. The number of hydrogen-bond donors (Lipinski definition) is 1. The van der Waals surface area contributed by atoms with E-state index < -0.39 is 0 Å². The normalized spacial score (nSPS) is 15.2. The molecular formula is C18H31IN4. The van der Waals surface area contributed by atoms with E-state index in [1.807, 2.05) is 7.05 Å². The van der Waals surface area contributed by atoms with Crippen LogP contribution in [-0.4, -0.2) is 49.0 Å². The molecule has 1 aromatic rings. The van der Waals surface area contributed by atoms with Crippen molar-refractivity contribution >= 4 is 29.9 Å². The Morgan fingerprint density at radius 3 is 2.39 bits per heavy atom. The van der Waals surface area contributed by atoms with Crippen LogP contribution in [0.3, 0.4) is 0 Å².